The summed E-state index contributed by atoms with van der Waals surface area (Å²) >= 11 is 3.54. The number of methoxy groups -OCH3 is 1. The van der Waals surface area contributed by atoms with Crippen LogP contribution >= 0.6 is 23.1 Å². The molecule has 86 valence electrons. The zero-order valence-corrected chi connectivity index (χ0v) is 10.9. The van der Waals surface area contributed by atoms with Crippen molar-refractivity contribution in [2.24, 2.45) is 0 Å². The molecule has 0 saturated heterocycles. The predicted octanol–water partition coefficient (Wildman–Crippen LogP) is 2.17. The summed E-state index contributed by atoms with van der Waals surface area (Å²) < 4.78 is 6.14. The third-order valence-electron chi connectivity index (χ3n) is 1.80. The maximum atomic E-state index is 4.97. The fourth-order valence-corrected chi connectivity index (χ4v) is 2.89. The van der Waals surface area contributed by atoms with E-state index in [0.29, 0.717) is 0 Å². The molecule has 0 bridgehead atoms. The number of aryl methyl sites for hydroxylation is 1. The second-order valence-corrected chi connectivity index (χ2v) is 5.40. The molecule has 0 amide bonds. The van der Waals surface area contributed by atoms with Crippen molar-refractivity contribution >= 4 is 23.1 Å². The Labute approximate surface area is 99.6 Å². The van der Waals surface area contributed by atoms with Gasteiger partial charge in [0.1, 0.15) is 4.34 Å². The molecule has 0 atom stereocenters. The van der Waals surface area contributed by atoms with E-state index in [2.05, 4.69) is 15.7 Å². The molecule has 1 aromatic heterocycles. The highest BCUT2D eigenvalue weighted by molar-refractivity contribution is 8.01. The Morgan fingerprint density at radius 3 is 3.07 bits per heavy atom. The topological polar surface area (TPSA) is 34.1 Å². The van der Waals surface area contributed by atoms with Crippen LogP contribution in [0.15, 0.2) is 9.72 Å². The lowest BCUT2D eigenvalue weighted by Crippen LogP contribution is -2.19. The molecule has 5 heteroatoms. The molecule has 1 heterocycles. The molecule has 0 aliphatic heterocycles. The summed E-state index contributed by atoms with van der Waals surface area (Å²) in [5, 5.41) is 5.46. The van der Waals surface area contributed by atoms with Crippen molar-refractivity contribution in [1.82, 2.24) is 10.3 Å². The molecule has 1 rings (SSSR count). The highest BCUT2D eigenvalue weighted by atomic mass is 32.2. The lowest BCUT2D eigenvalue weighted by Gasteiger charge is -2.02. The number of thioether (sulfide) groups is 1. The van der Waals surface area contributed by atoms with Gasteiger partial charge in [-0.3, -0.25) is 0 Å². The first-order valence-corrected chi connectivity index (χ1v) is 6.94. The lowest BCUT2D eigenvalue weighted by atomic mass is 10.4. The van der Waals surface area contributed by atoms with Crippen LogP contribution in [-0.4, -0.2) is 37.5 Å². The van der Waals surface area contributed by atoms with Gasteiger partial charge in [-0.05, 0) is 19.9 Å². The third-order valence-corrected chi connectivity index (χ3v) is 3.94. The summed E-state index contributed by atoms with van der Waals surface area (Å²) in [7, 11) is 1.74. The van der Waals surface area contributed by atoms with Crippen LogP contribution in [0, 0.1) is 6.92 Å². The van der Waals surface area contributed by atoms with E-state index in [1.165, 1.54) is 4.34 Å². The molecule has 1 aromatic rings. The number of aromatic nitrogens is 1. The normalized spacial score (nSPS) is 10.8. The Balaban J connectivity index is 1.93. The summed E-state index contributed by atoms with van der Waals surface area (Å²) in [5.74, 6) is 1.08. The summed E-state index contributed by atoms with van der Waals surface area (Å²) in [4.78, 5) is 4.39. The zero-order valence-electron chi connectivity index (χ0n) is 9.28. The average molecular weight is 246 g/mol. The van der Waals surface area contributed by atoms with Gasteiger partial charge >= 0.3 is 0 Å². The molecule has 0 spiro atoms. The number of hydrogen-bond donors (Lipinski definition) is 1. The van der Waals surface area contributed by atoms with Crippen molar-refractivity contribution in [2.75, 3.05) is 32.6 Å². The first kappa shape index (κ1) is 13.0. The van der Waals surface area contributed by atoms with E-state index in [1.54, 1.807) is 18.4 Å². The van der Waals surface area contributed by atoms with E-state index in [9.17, 15) is 0 Å². The van der Waals surface area contributed by atoms with E-state index < -0.39 is 0 Å². The van der Waals surface area contributed by atoms with Gasteiger partial charge in [0.15, 0.2) is 0 Å². The van der Waals surface area contributed by atoms with Crippen LogP contribution in [0.25, 0.3) is 0 Å². The van der Waals surface area contributed by atoms with Crippen molar-refractivity contribution in [3.05, 3.63) is 11.1 Å². The molecule has 1 N–H and O–H groups in total. The predicted molar refractivity (Wildman–Crippen MR) is 66.9 cm³/mol. The summed E-state index contributed by atoms with van der Waals surface area (Å²) in [6, 6.07) is 0. The van der Waals surface area contributed by atoms with E-state index in [1.807, 2.05) is 18.7 Å². The molecular weight excluding hydrogens is 228 g/mol. The van der Waals surface area contributed by atoms with E-state index >= 15 is 0 Å². The van der Waals surface area contributed by atoms with Crippen molar-refractivity contribution in [2.45, 2.75) is 17.7 Å². The summed E-state index contributed by atoms with van der Waals surface area (Å²) in [6.45, 7) is 4.94. The van der Waals surface area contributed by atoms with Gasteiger partial charge in [0.2, 0.25) is 0 Å². The van der Waals surface area contributed by atoms with Gasteiger partial charge in [-0.1, -0.05) is 11.8 Å². The van der Waals surface area contributed by atoms with Crippen LogP contribution in [0.2, 0.25) is 0 Å². The molecule has 15 heavy (non-hydrogen) atoms. The molecule has 0 radical (unpaired) electrons. The van der Waals surface area contributed by atoms with Gasteiger partial charge < -0.3 is 10.1 Å². The quantitative estimate of drug-likeness (QED) is 0.563. The number of rotatable bonds is 8. The van der Waals surface area contributed by atoms with Crippen LogP contribution in [0.5, 0.6) is 0 Å². The Hall–Kier alpha value is -0.100. The molecule has 0 aliphatic carbocycles. The van der Waals surface area contributed by atoms with Gasteiger partial charge in [-0.25, -0.2) is 4.98 Å². The minimum Gasteiger partial charge on any atom is -0.385 e. The summed E-state index contributed by atoms with van der Waals surface area (Å²) in [6.07, 6.45) is 1.08. The van der Waals surface area contributed by atoms with E-state index in [4.69, 9.17) is 4.74 Å². The third kappa shape index (κ3) is 6.14. The number of nitrogens with one attached hydrogen (secondary N) is 1. The van der Waals surface area contributed by atoms with Crippen molar-refractivity contribution in [3.63, 3.8) is 0 Å². The zero-order chi connectivity index (χ0) is 10.9. The Bertz CT molecular complexity index is 266. The molecule has 0 fully saturated rings. The molecule has 0 aliphatic rings. The van der Waals surface area contributed by atoms with E-state index in [0.717, 1.165) is 37.6 Å². The molecular formula is C10H18N2OS2. The minimum atomic E-state index is 0.839. The van der Waals surface area contributed by atoms with Crippen molar-refractivity contribution in [1.29, 1.82) is 0 Å². The van der Waals surface area contributed by atoms with Crippen molar-refractivity contribution in [3.8, 4) is 0 Å². The van der Waals surface area contributed by atoms with Crippen LogP contribution in [0.4, 0.5) is 0 Å². The Kier molecular flexibility index (Phi) is 7.00. The van der Waals surface area contributed by atoms with Gasteiger partial charge in [0.05, 0.1) is 0 Å². The molecule has 3 nitrogen and oxygen atoms in total. The van der Waals surface area contributed by atoms with Gasteiger partial charge in [-0.2, -0.15) is 0 Å². The number of nitrogens with zero attached hydrogens (tertiary/aromatic N) is 1. The number of hydrogen-bond acceptors (Lipinski definition) is 5. The molecule has 0 aromatic carbocycles. The number of thiazole rings is 1. The summed E-state index contributed by atoms with van der Waals surface area (Å²) in [5.41, 5.74) is 1.12. The average Bonchev–Trinajstić information content (AvgIpc) is 2.63. The Morgan fingerprint density at radius 1 is 1.53 bits per heavy atom. The highest BCUT2D eigenvalue weighted by Crippen LogP contribution is 2.21. The van der Waals surface area contributed by atoms with Crippen LogP contribution in [0.1, 0.15) is 12.1 Å². The number of ether oxygens (including phenoxy) is 1. The molecule has 0 unspecified atom stereocenters. The van der Waals surface area contributed by atoms with Crippen LogP contribution in [0.3, 0.4) is 0 Å². The SMILES string of the molecule is COCCCNCCSc1nc(C)cs1. The molecule has 0 saturated carbocycles. The minimum absolute atomic E-state index is 0.839. The standard InChI is InChI=1S/C10H18N2OS2/c1-9-8-15-10(12-9)14-7-5-11-4-3-6-13-2/h8,11H,3-7H2,1-2H3. The fourth-order valence-electron chi connectivity index (χ4n) is 1.08. The maximum absolute atomic E-state index is 4.97. The smallest absolute Gasteiger partial charge is 0.150 e. The first-order valence-electron chi connectivity index (χ1n) is 5.07. The second kappa shape index (κ2) is 8.10. The monoisotopic (exact) mass is 246 g/mol. The maximum Gasteiger partial charge on any atom is 0.150 e. The van der Waals surface area contributed by atoms with Crippen LogP contribution in [-0.2, 0) is 4.74 Å². The van der Waals surface area contributed by atoms with Crippen LogP contribution < -0.4 is 5.32 Å². The van der Waals surface area contributed by atoms with Crippen molar-refractivity contribution < 1.29 is 4.74 Å². The van der Waals surface area contributed by atoms with Gasteiger partial charge in [0.25, 0.3) is 0 Å². The lowest BCUT2D eigenvalue weighted by molar-refractivity contribution is 0.194. The highest BCUT2D eigenvalue weighted by Gasteiger charge is 1.98. The first-order chi connectivity index (χ1) is 7.33. The fraction of sp³-hybridized carbons (Fsp3) is 0.700. The second-order valence-electron chi connectivity index (χ2n) is 3.20. The Morgan fingerprint density at radius 2 is 2.40 bits per heavy atom. The largest absolute Gasteiger partial charge is 0.385 e. The van der Waals surface area contributed by atoms with Gasteiger partial charge in [0, 0.05) is 37.1 Å². The van der Waals surface area contributed by atoms with E-state index in [-0.39, 0.29) is 0 Å². The van der Waals surface area contributed by atoms with Gasteiger partial charge in [-0.15, -0.1) is 11.3 Å².